The molecule has 1 heterocycles. The van der Waals surface area contributed by atoms with E-state index in [9.17, 15) is 9.59 Å². The van der Waals surface area contributed by atoms with Crippen LogP contribution in [0.4, 0.5) is 0 Å². The number of ketones is 1. The molecular formula is C7H7NO4. The lowest BCUT2D eigenvalue weighted by Gasteiger charge is -1.91. The third-order valence-corrected chi connectivity index (χ3v) is 1.12. The summed E-state index contributed by atoms with van der Waals surface area (Å²) in [7, 11) is 0. The molecule has 0 spiro atoms. The van der Waals surface area contributed by atoms with Crippen molar-refractivity contribution in [1.29, 1.82) is 0 Å². The van der Waals surface area contributed by atoms with Crippen molar-refractivity contribution in [3.05, 3.63) is 30.1 Å². The summed E-state index contributed by atoms with van der Waals surface area (Å²) in [6.45, 7) is 0. The van der Waals surface area contributed by atoms with E-state index < -0.39 is 11.8 Å². The Balaban J connectivity index is 0.00000121. The second-order valence-electron chi connectivity index (χ2n) is 1.88. The minimum atomic E-state index is -1.46. The summed E-state index contributed by atoms with van der Waals surface area (Å²) in [5, 5.41) is 8.26. The fraction of sp³-hybridized carbons (Fsp3) is 0. The largest absolute Gasteiger partial charge is 0.475 e. The van der Waals surface area contributed by atoms with Gasteiger partial charge in [0.25, 0.3) is 5.78 Å². The summed E-state index contributed by atoms with van der Waals surface area (Å²) in [5.41, 5.74) is 0.0972. The molecule has 1 aromatic heterocycles. The minimum Gasteiger partial charge on any atom is -0.475 e. The predicted molar refractivity (Wildman–Crippen MR) is 39.8 cm³/mol. The summed E-state index contributed by atoms with van der Waals surface area (Å²) in [5.74, 6) is -2.39. The number of carbonyl (C=O) groups excluding carboxylic acids is 1. The van der Waals surface area contributed by atoms with Gasteiger partial charge in [-0.05, 0) is 12.1 Å². The quantitative estimate of drug-likeness (QED) is 0.477. The molecule has 12 heavy (non-hydrogen) atoms. The molecule has 5 nitrogen and oxygen atoms in total. The average Bonchev–Trinajstić information content (AvgIpc) is 2.05. The van der Waals surface area contributed by atoms with Gasteiger partial charge in [0.2, 0.25) is 0 Å². The van der Waals surface area contributed by atoms with E-state index >= 15 is 0 Å². The Morgan fingerprint density at radius 3 is 2.50 bits per heavy atom. The highest BCUT2D eigenvalue weighted by molar-refractivity contribution is 6.39. The number of aliphatic carboxylic acids is 1. The molecule has 0 fully saturated rings. The van der Waals surface area contributed by atoms with E-state index in [2.05, 4.69) is 4.98 Å². The van der Waals surface area contributed by atoms with E-state index in [-0.39, 0.29) is 11.0 Å². The fourth-order valence-corrected chi connectivity index (χ4v) is 0.621. The molecule has 0 unspecified atom stereocenters. The monoisotopic (exact) mass is 169 g/mol. The highest BCUT2D eigenvalue weighted by Gasteiger charge is 2.13. The number of aromatic nitrogens is 1. The van der Waals surface area contributed by atoms with Gasteiger partial charge in [0.1, 0.15) is 0 Å². The van der Waals surface area contributed by atoms with Crippen LogP contribution in [0.1, 0.15) is 10.4 Å². The van der Waals surface area contributed by atoms with Crippen molar-refractivity contribution >= 4 is 11.8 Å². The molecule has 0 radical (unpaired) electrons. The van der Waals surface area contributed by atoms with Gasteiger partial charge in [0.15, 0.2) is 0 Å². The fourth-order valence-electron chi connectivity index (χ4n) is 0.621. The van der Waals surface area contributed by atoms with Gasteiger partial charge in [-0.1, -0.05) is 0 Å². The van der Waals surface area contributed by atoms with Gasteiger partial charge >= 0.3 is 5.97 Å². The van der Waals surface area contributed by atoms with Crippen molar-refractivity contribution in [3.63, 3.8) is 0 Å². The van der Waals surface area contributed by atoms with Crippen LogP contribution < -0.4 is 0 Å². The Kier molecular flexibility index (Phi) is 3.58. The van der Waals surface area contributed by atoms with Crippen molar-refractivity contribution in [2.45, 2.75) is 0 Å². The van der Waals surface area contributed by atoms with E-state index in [4.69, 9.17) is 5.11 Å². The lowest BCUT2D eigenvalue weighted by atomic mass is 10.2. The zero-order chi connectivity index (χ0) is 8.27. The summed E-state index contributed by atoms with van der Waals surface area (Å²) < 4.78 is 0. The number of carboxylic acids is 1. The Morgan fingerprint density at radius 1 is 1.42 bits per heavy atom. The average molecular weight is 169 g/mol. The van der Waals surface area contributed by atoms with Gasteiger partial charge in [0.05, 0.1) is 0 Å². The maximum Gasteiger partial charge on any atom is 0.377 e. The first kappa shape index (κ1) is 10.2. The third kappa shape index (κ3) is 2.14. The number of carbonyl (C=O) groups is 2. The first-order chi connectivity index (χ1) is 5.22. The lowest BCUT2D eigenvalue weighted by Crippen LogP contribution is -2.12. The molecule has 1 aromatic rings. The summed E-state index contributed by atoms with van der Waals surface area (Å²) in [6, 6.07) is 2.92. The zero-order valence-corrected chi connectivity index (χ0v) is 6.02. The summed E-state index contributed by atoms with van der Waals surface area (Å²) in [6.07, 6.45) is 2.69. The maximum absolute atomic E-state index is 10.7. The number of rotatable bonds is 2. The topological polar surface area (TPSA) is 98.8 Å². The van der Waals surface area contributed by atoms with Crippen molar-refractivity contribution < 1.29 is 20.2 Å². The first-order valence-electron chi connectivity index (χ1n) is 2.89. The standard InChI is InChI=1S/C7H5NO3.H2O/c9-6(7(10)11)5-2-1-3-8-4-5;/h1-4H,(H,10,11);1H2. The van der Waals surface area contributed by atoms with E-state index in [1.54, 1.807) is 0 Å². The normalized spacial score (nSPS) is 8.33. The maximum atomic E-state index is 10.7. The Hall–Kier alpha value is -1.75. The van der Waals surface area contributed by atoms with Crippen molar-refractivity contribution in [3.8, 4) is 0 Å². The summed E-state index contributed by atoms with van der Waals surface area (Å²) in [4.78, 5) is 24.4. The van der Waals surface area contributed by atoms with E-state index in [1.165, 1.54) is 24.5 Å². The molecule has 0 aliphatic rings. The van der Waals surface area contributed by atoms with Crippen LogP contribution in [0.2, 0.25) is 0 Å². The van der Waals surface area contributed by atoms with Crippen LogP contribution in [-0.4, -0.2) is 27.3 Å². The molecule has 0 aliphatic heterocycles. The van der Waals surface area contributed by atoms with Crippen LogP contribution in [0, 0.1) is 0 Å². The van der Waals surface area contributed by atoms with Crippen molar-refractivity contribution in [1.82, 2.24) is 4.98 Å². The van der Waals surface area contributed by atoms with Crippen LogP contribution >= 0.6 is 0 Å². The van der Waals surface area contributed by atoms with Gasteiger partial charge in [-0.25, -0.2) is 4.79 Å². The second-order valence-corrected chi connectivity index (χ2v) is 1.88. The van der Waals surface area contributed by atoms with Crippen molar-refractivity contribution in [2.75, 3.05) is 0 Å². The third-order valence-electron chi connectivity index (χ3n) is 1.12. The van der Waals surface area contributed by atoms with Crippen LogP contribution in [-0.2, 0) is 4.79 Å². The van der Waals surface area contributed by atoms with Gasteiger partial charge in [-0.2, -0.15) is 0 Å². The lowest BCUT2D eigenvalue weighted by molar-refractivity contribution is -0.131. The molecule has 1 rings (SSSR count). The molecular weight excluding hydrogens is 162 g/mol. The number of pyridine rings is 1. The molecule has 0 aliphatic carbocycles. The molecule has 0 atom stereocenters. The van der Waals surface area contributed by atoms with Gasteiger partial charge in [-0.15, -0.1) is 0 Å². The highest BCUT2D eigenvalue weighted by Crippen LogP contribution is 1.96. The number of carboxylic acid groups (broad SMARTS) is 1. The van der Waals surface area contributed by atoms with Gasteiger partial charge in [0, 0.05) is 18.0 Å². The van der Waals surface area contributed by atoms with Crippen LogP contribution in [0.5, 0.6) is 0 Å². The molecule has 5 heteroatoms. The van der Waals surface area contributed by atoms with E-state index in [1.807, 2.05) is 0 Å². The number of nitrogens with zero attached hydrogens (tertiary/aromatic N) is 1. The molecule has 3 N–H and O–H groups in total. The van der Waals surface area contributed by atoms with Crippen LogP contribution in [0.25, 0.3) is 0 Å². The summed E-state index contributed by atoms with van der Waals surface area (Å²) >= 11 is 0. The van der Waals surface area contributed by atoms with Gasteiger partial charge < -0.3 is 10.6 Å². The Morgan fingerprint density at radius 2 is 2.08 bits per heavy atom. The molecule has 0 saturated carbocycles. The number of hydrogen-bond donors (Lipinski definition) is 1. The molecule has 0 amide bonds. The van der Waals surface area contributed by atoms with Gasteiger partial charge in [-0.3, -0.25) is 9.78 Å². The number of Topliss-reactive ketones (excluding diaryl/α,β-unsaturated/α-hetero) is 1. The highest BCUT2D eigenvalue weighted by atomic mass is 16.4. The predicted octanol–water partition coefficient (Wildman–Crippen LogP) is -0.476. The SMILES string of the molecule is O.O=C(O)C(=O)c1cccnc1. The van der Waals surface area contributed by atoms with E-state index in [0.717, 1.165) is 0 Å². The van der Waals surface area contributed by atoms with Crippen molar-refractivity contribution in [2.24, 2.45) is 0 Å². The Labute approximate surface area is 68.0 Å². The van der Waals surface area contributed by atoms with Crippen LogP contribution in [0.3, 0.4) is 0 Å². The number of hydrogen-bond acceptors (Lipinski definition) is 3. The Bertz CT molecular complexity index is 283. The first-order valence-corrected chi connectivity index (χ1v) is 2.89. The van der Waals surface area contributed by atoms with Crippen LogP contribution in [0.15, 0.2) is 24.5 Å². The second kappa shape index (κ2) is 4.20. The minimum absolute atomic E-state index is 0. The molecule has 64 valence electrons. The van der Waals surface area contributed by atoms with E-state index in [0.29, 0.717) is 0 Å². The smallest absolute Gasteiger partial charge is 0.377 e. The zero-order valence-electron chi connectivity index (χ0n) is 6.02. The molecule has 0 saturated heterocycles. The molecule has 0 bridgehead atoms. The molecule has 0 aromatic carbocycles.